The maximum atomic E-state index is 11.7. The first-order chi connectivity index (χ1) is 9.10. The van der Waals surface area contributed by atoms with Gasteiger partial charge in [0.05, 0.1) is 0 Å². The Labute approximate surface area is 117 Å². The van der Waals surface area contributed by atoms with Crippen LogP contribution in [0, 0.1) is 0 Å². The van der Waals surface area contributed by atoms with Crippen LogP contribution in [0.15, 0.2) is 5.38 Å². The van der Waals surface area contributed by atoms with Crippen LogP contribution < -0.4 is 16.0 Å². The Bertz CT molecular complexity index is 429. The molecule has 3 N–H and O–H groups in total. The third-order valence-electron chi connectivity index (χ3n) is 2.62. The van der Waals surface area contributed by atoms with Gasteiger partial charge in [0.25, 0.3) is 5.91 Å². The fourth-order valence-corrected chi connectivity index (χ4v) is 2.18. The first-order valence-electron chi connectivity index (χ1n) is 6.41. The molecule has 0 saturated heterocycles. The van der Waals surface area contributed by atoms with Crippen molar-refractivity contribution in [2.75, 3.05) is 11.9 Å². The van der Waals surface area contributed by atoms with E-state index in [4.69, 9.17) is 0 Å². The Morgan fingerprint density at radius 3 is 2.58 bits per heavy atom. The Hall–Kier alpha value is -1.63. The molecule has 19 heavy (non-hydrogen) atoms. The highest BCUT2D eigenvalue weighted by Crippen LogP contribution is 2.15. The number of anilines is 1. The highest BCUT2D eigenvalue weighted by Gasteiger charge is 2.13. The van der Waals surface area contributed by atoms with Crippen LogP contribution in [-0.4, -0.2) is 29.5 Å². The van der Waals surface area contributed by atoms with E-state index in [1.54, 1.807) is 5.38 Å². The molecule has 1 aromatic rings. The van der Waals surface area contributed by atoms with Crippen LogP contribution in [0.4, 0.5) is 9.93 Å². The minimum absolute atomic E-state index is 0.155. The molecule has 6 nitrogen and oxygen atoms in total. The second kappa shape index (κ2) is 7.73. The maximum Gasteiger partial charge on any atom is 0.321 e. The molecule has 0 atom stereocenters. The molecule has 1 rings (SSSR count). The van der Waals surface area contributed by atoms with Crippen molar-refractivity contribution in [3.05, 3.63) is 11.1 Å². The lowest BCUT2D eigenvalue weighted by Gasteiger charge is -2.14. The molecule has 0 saturated carbocycles. The quantitative estimate of drug-likeness (QED) is 0.749. The lowest BCUT2D eigenvalue weighted by molar-refractivity contribution is 0.0951. The molecule has 0 aliphatic carbocycles. The van der Waals surface area contributed by atoms with Gasteiger partial charge in [0.1, 0.15) is 5.69 Å². The minimum Gasteiger partial charge on any atom is -0.351 e. The summed E-state index contributed by atoms with van der Waals surface area (Å²) in [6.45, 7) is 6.43. The van der Waals surface area contributed by atoms with Crippen LogP contribution in [0.1, 0.15) is 44.1 Å². The molecule has 106 valence electrons. The van der Waals surface area contributed by atoms with Crippen molar-refractivity contribution in [2.45, 2.75) is 39.7 Å². The molecule has 0 aromatic carbocycles. The van der Waals surface area contributed by atoms with Crippen LogP contribution in [0.2, 0.25) is 0 Å². The number of hydrogen-bond acceptors (Lipinski definition) is 4. The summed E-state index contributed by atoms with van der Waals surface area (Å²) in [7, 11) is 0. The van der Waals surface area contributed by atoms with Gasteiger partial charge in [-0.25, -0.2) is 9.78 Å². The Morgan fingerprint density at radius 1 is 1.32 bits per heavy atom. The van der Waals surface area contributed by atoms with Gasteiger partial charge in [-0.2, -0.15) is 0 Å². The van der Waals surface area contributed by atoms with E-state index in [1.165, 1.54) is 11.3 Å². The summed E-state index contributed by atoms with van der Waals surface area (Å²) in [6.07, 6.45) is 1.76. The van der Waals surface area contributed by atoms with Gasteiger partial charge in [-0.05, 0) is 19.8 Å². The number of nitrogens with one attached hydrogen (secondary N) is 3. The third kappa shape index (κ3) is 4.86. The molecule has 1 aromatic heterocycles. The monoisotopic (exact) mass is 284 g/mol. The van der Waals surface area contributed by atoms with E-state index >= 15 is 0 Å². The molecular weight excluding hydrogens is 264 g/mol. The molecule has 1 heterocycles. The summed E-state index contributed by atoms with van der Waals surface area (Å²) in [4.78, 5) is 27.3. The fraction of sp³-hybridized carbons (Fsp3) is 0.583. The van der Waals surface area contributed by atoms with Gasteiger partial charge in [0.15, 0.2) is 5.13 Å². The number of urea groups is 1. The molecule has 7 heteroatoms. The second-order valence-corrected chi connectivity index (χ2v) is 4.87. The van der Waals surface area contributed by atoms with Crippen molar-refractivity contribution in [3.8, 4) is 0 Å². The molecule has 0 aliphatic heterocycles. The zero-order valence-corrected chi connectivity index (χ0v) is 12.3. The average Bonchev–Trinajstić information content (AvgIpc) is 2.84. The first kappa shape index (κ1) is 15.4. The van der Waals surface area contributed by atoms with Crippen molar-refractivity contribution in [1.82, 2.24) is 15.6 Å². The number of carbonyl (C=O) groups excluding carboxylic acids is 2. The van der Waals surface area contributed by atoms with Gasteiger partial charge in [-0.3, -0.25) is 10.1 Å². The molecule has 0 spiro atoms. The van der Waals surface area contributed by atoms with Crippen molar-refractivity contribution < 1.29 is 9.59 Å². The van der Waals surface area contributed by atoms with E-state index < -0.39 is 0 Å². The number of nitrogens with zero attached hydrogens (tertiary/aromatic N) is 1. The highest BCUT2D eigenvalue weighted by atomic mass is 32.1. The van der Waals surface area contributed by atoms with E-state index in [2.05, 4.69) is 20.9 Å². The molecule has 3 amide bonds. The first-order valence-corrected chi connectivity index (χ1v) is 7.29. The van der Waals surface area contributed by atoms with Gasteiger partial charge < -0.3 is 10.6 Å². The zero-order chi connectivity index (χ0) is 14.3. The largest absolute Gasteiger partial charge is 0.351 e. The number of rotatable bonds is 6. The average molecular weight is 284 g/mol. The molecule has 0 bridgehead atoms. The van der Waals surface area contributed by atoms with Crippen LogP contribution in [0.5, 0.6) is 0 Å². The Morgan fingerprint density at radius 2 is 2.00 bits per heavy atom. The Balaban J connectivity index is 2.53. The standard InChI is InChI=1S/C12H20N4O2S/c1-4-8(5-2)14-11(18)16-12-15-9(7-19-12)10(17)13-6-3/h7-8H,4-6H2,1-3H3,(H,13,17)(H2,14,15,16,18). The predicted octanol–water partition coefficient (Wildman–Crippen LogP) is 2.20. The van der Waals surface area contributed by atoms with E-state index in [0.717, 1.165) is 12.8 Å². The number of carbonyl (C=O) groups is 2. The van der Waals surface area contributed by atoms with E-state index in [9.17, 15) is 9.59 Å². The summed E-state index contributed by atoms with van der Waals surface area (Å²) >= 11 is 1.23. The zero-order valence-electron chi connectivity index (χ0n) is 11.4. The fourth-order valence-electron chi connectivity index (χ4n) is 1.50. The van der Waals surface area contributed by atoms with Crippen molar-refractivity contribution in [2.24, 2.45) is 0 Å². The van der Waals surface area contributed by atoms with Crippen molar-refractivity contribution in [3.63, 3.8) is 0 Å². The van der Waals surface area contributed by atoms with E-state index in [1.807, 2.05) is 20.8 Å². The van der Waals surface area contributed by atoms with Crippen LogP contribution in [0.25, 0.3) is 0 Å². The molecular formula is C12H20N4O2S. The van der Waals surface area contributed by atoms with Crippen LogP contribution >= 0.6 is 11.3 Å². The van der Waals surface area contributed by atoms with Gasteiger partial charge in [0.2, 0.25) is 0 Å². The molecule has 0 aliphatic rings. The van der Waals surface area contributed by atoms with Gasteiger partial charge in [-0.15, -0.1) is 11.3 Å². The molecule has 0 fully saturated rings. The van der Waals surface area contributed by atoms with Crippen molar-refractivity contribution in [1.29, 1.82) is 0 Å². The predicted molar refractivity (Wildman–Crippen MR) is 76.6 cm³/mol. The van der Waals surface area contributed by atoms with Gasteiger partial charge in [-0.1, -0.05) is 13.8 Å². The summed E-state index contributed by atoms with van der Waals surface area (Å²) in [5.74, 6) is -0.229. The maximum absolute atomic E-state index is 11.7. The highest BCUT2D eigenvalue weighted by molar-refractivity contribution is 7.14. The van der Waals surface area contributed by atoms with Crippen molar-refractivity contribution >= 4 is 28.4 Å². The number of thiazole rings is 1. The van der Waals surface area contributed by atoms with Crippen LogP contribution in [0.3, 0.4) is 0 Å². The van der Waals surface area contributed by atoms with E-state index in [-0.39, 0.29) is 18.0 Å². The third-order valence-corrected chi connectivity index (χ3v) is 3.37. The normalized spacial score (nSPS) is 10.3. The van der Waals surface area contributed by atoms with Gasteiger partial charge in [0, 0.05) is 18.0 Å². The number of aromatic nitrogens is 1. The number of hydrogen-bond donors (Lipinski definition) is 3. The lowest BCUT2D eigenvalue weighted by atomic mass is 10.2. The Kier molecular flexibility index (Phi) is 6.27. The topological polar surface area (TPSA) is 83.1 Å². The number of amides is 3. The van der Waals surface area contributed by atoms with Crippen LogP contribution in [-0.2, 0) is 0 Å². The van der Waals surface area contributed by atoms with Gasteiger partial charge >= 0.3 is 6.03 Å². The summed E-state index contributed by atoms with van der Waals surface area (Å²) < 4.78 is 0. The SMILES string of the molecule is CCNC(=O)c1csc(NC(=O)NC(CC)CC)n1. The summed E-state index contributed by atoms with van der Waals surface area (Å²) in [5, 5.41) is 10.2. The smallest absolute Gasteiger partial charge is 0.321 e. The minimum atomic E-state index is -0.287. The molecule has 0 unspecified atom stereocenters. The summed E-state index contributed by atoms with van der Waals surface area (Å²) in [5.41, 5.74) is 0.324. The lowest BCUT2D eigenvalue weighted by Crippen LogP contribution is -2.37. The second-order valence-electron chi connectivity index (χ2n) is 4.01. The summed E-state index contributed by atoms with van der Waals surface area (Å²) in [6, 6.07) is -0.131. The molecule has 0 radical (unpaired) electrons. The van der Waals surface area contributed by atoms with E-state index in [0.29, 0.717) is 17.4 Å².